The summed E-state index contributed by atoms with van der Waals surface area (Å²) in [6.45, 7) is 0. The van der Waals surface area contributed by atoms with Crippen molar-refractivity contribution in [3.05, 3.63) is 34.0 Å². The quantitative estimate of drug-likeness (QED) is 0.914. The molecule has 3 nitrogen and oxygen atoms in total. The number of imidazole rings is 1. The second kappa shape index (κ2) is 4.03. The van der Waals surface area contributed by atoms with Crippen LogP contribution >= 0.6 is 27.5 Å². The largest absolute Gasteiger partial charge is 0.383 e. The van der Waals surface area contributed by atoms with Crippen LogP contribution in [0.1, 0.15) is 18.9 Å². The summed E-state index contributed by atoms with van der Waals surface area (Å²) in [6, 6.07) is 6.26. The average Bonchev–Trinajstić information content (AvgIpc) is 3.04. The molecule has 1 fully saturated rings. The number of anilines is 1. The highest BCUT2D eigenvalue weighted by molar-refractivity contribution is 9.10. The summed E-state index contributed by atoms with van der Waals surface area (Å²) < 4.78 is 2.99. The van der Waals surface area contributed by atoms with Crippen LogP contribution in [0.4, 0.5) is 5.82 Å². The minimum atomic E-state index is 0.533. The number of nitrogen functional groups attached to an aromatic ring is 1. The maximum atomic E-state index is 6.21. The molecule has 1 saturated carbocycles. The van der Waals surface area contributed by atoms with Crippen LogP contribution < -0.4 is 5.73 Å². The molecule has 88 valence electrons. The monoisotopic (exact) mass is 311 g/mol. The Morgan fingerprint density at radius 3 is 2.82 bits per heavy atom. The molecule has 1 aliphatic rings. The van der Waals surface area contributed by atoms with E-state index in [1.165, 1.54) is 12.8 Å². The van der Waals surface area contributed by atoms with Crippen LogP contribution in [0.3, 0.4) is 0 Å². The molecule has 0 amide bonds. The first-order valence-electron chi connectivity index (χ1n) is 5.44. The number of halogens is 2. The zero-order valence-corrected chi connectivity index (χ0v) is 11.4. The van der Waals surface area contributed by atoms with Gasteiger partial charge in [0.25, 0.3) is 0 Å². The third-order valence-electron chi connectivity index (χ3n) is 2.96. The number of aromatic nitrogens is 2. The van der Waals surface area contributed by atoms with Crippen LogP contribution in [-0.4, -0.2) is 9.55 Å². The lowest BCUT2D eigenvalue weighted by Crippen LogP contribution is -1.99. The molecule has 1 aromatic carbocycles. The zero-order valence-electron chi connectivity index (χ0n) is 9.03. The van der Waals surface area contributed by atoms with E-state index < -0.39 is 0 Å². The van der Waals surface area contributed by atoms with Crippen LogP contribution in [0.2, 0.25) is 5.02 Å². The SMILES string of the molecule is Nc1c(-c2ccc(Br)cc2Cl)ncn1C1CC1. The Morgan fingerprint density at radius 1 is 1.41 bits per heavy atom. The third-order valence-corrected chi connectivity index (χ3v) is 3.76. The van der Waals surface area contributed by atoms with E-state index >= 15 is 0 Å². The van der Waals surface area contributed by atoms with Gasteiger partial charge in [-0.3, -0.25) is 0 Å². The van der Waals surface area contributed by atoms with Gasteiger partial charge in [-0.15, -0.1) is 0 Å². The molecule has 1 aliphatic carbocycles. The average molecular weight is 313 g/mol. The van der Waals surface area contributed by atoms with Crippen LogP contribution in [0.5, 0.6) is 0 Å². The fourth-order valence-corrected chi connectivity index (χ4v) is 2.67. The molecule has 1 heterocycles. The lowest BCUT2D eigenvalue weighted by atomic mass is 10.1. The molecule has 1 aromatic heterocycles. The summed E-state index contributed by atoms with van der Waals surface area (Å²) in [4.78, 5) is 4.38. The van der Waals surface area contributed by atoms with Gasteiger partial charge in [0, 0.05) is 16.1 Å². The number of rotatable bonds is 2. The number of hydrogen-bond acceptors (Lipinski definition) is 2. The van der Waals surface area contributed by atoms with E-state index in [1.807, 2.05) is 22.8 Å². The molecule has 0 radical (unpaired) electrons. The summed E-state index contributed by atoms with van der Waals surface area (Å²) in [5, 5.41) is 0.659. The van der Waals surface area contributed by atoms with E-state index in [1.54, 1.807) is 6.33 Å². The summed E-state index contributed by atoms with van der Waals surface area (Å²) in [5.41, 5.74) is 7.77. The highest BCUT2D eigenvalue weighted by Crippen LogP contribution is 2.40. The lowest BCUT2D eigenvalue weighted by molar-refractivity contribution is 0.751. The Balaban J connectivity index is 2.08. The first kappa shape index (κ1) is 11.1. The standard InChI is InChI=1S/C12H11BrClN3/c13-7-1-4-9(10(14)5-7)11-12(15)17(6-16-11)8-2-3-8/h1,4-6,8H,2-3,15H2. The van der Waals surface area contributed by atoms with Crippen molar-refractivity contribution < 1.29 is 0 Å². The zero-order chi connectivity index (χ0) is 12.0. The van der Waals surface area contributed by atoms with Crippen molar-refractivity contribution in [2.75, 3.05) is 5.73 Å². The van der Waals surface area contributed by atoms with E-state index in [2.05, 4.69) is 20.9 Å². The fourth-order valence-electron chi connectivity index (χ4n) is 1.90. The molecular weight excluding hydrogens is 302 g/mol. The smallest absolute Gasteiger partial charge is 0.131 e. The molecule has 5 heteroatoms. The van der Waals surface area contributed by atoms with Crippen LogP contribution in [0.25, 0.3) is 11.3 Å². The highest BCUT2D eigenvalue weighted by Gasteiger charge is 2.26. The molecule has 0 atom stereocenters. The predicted molar refractivity (Wildman–Crippen MR) is 73.1 cm³/mol. The van der Waals surface area contributed by atoms with E-state index in [4.69, 9.17) is 17.3 Å². The Morgan fingerprint density at radius 2 is 2.18 bits per heavy atom. The fraction of sp³-hybridized carbons (Fsp3) is 0.250. The highest BCUT2D eigenvalue weighted by atomic mass is 79.9. The molecule has 0 saturated heterocycles. The normalized spacial score (nSPS) is 15.2. The van der Waals surface area contributed by atoms with Gasteiger partial charge in [-0.1, -0.05) is 33.6 Å². The maximum absolute atomic E-state index is 6.21. The first-order valence-corrected chi connectivity index (χ1v) is 6.61. The van der Waals surface area contributed by atoms with Gasteiger partial charge in [-0.05, 0) is 25.0 Å². The van der Waals surface area contributed by atoms with Crippen molar-refractivity contribution in [2.24, 2.45) is 0 Å². The minimum absolute atomic E-state index is 0.533. The summed E-state index contributed by atoms with van der Waals surface area (Å²) in [6.07, 6.45) is 4.18. The van der Waals surface area contributed by atoms with Crippen molar-refractivity contribution in [1.29, 1.82) is 0 Å². The molecule has 0 unspecified atom stereocenters. The Hall–Kier alpha value is -1.00. The Bertz CT molecular complexity index is 575. The predicted octanol–water partition coefficient (Wildman–Crippen LogP) is 3.88. The number of hydrogen-bond donors (Lipinski definition) is 1. The van der Waals surface area contributed by atoms with Crippen molar-refractivity contribution >= 4 is 33.3 Å². The van der Waals surface area contributed by atoms with Crippen LogP contribution in [-0.2, 0) is 0 Å². The number of nitrogens with two attached hydrogens (primary N) is 1. The summed E-state index contributed by atoms with van der Waals surface area (Å²) in [7, 11) is 0. The van der Waals surface area contributed by atoms with Gasteiger partial charge in [0.1, 0.15) is 11.5 Å². The molecule has 2 N–H and O–H groups in total. The van der Waals surface area contributed by atoms with Gasteiger partial charge in [0.05, 0.1) is 11.3 Å². The third kappa shape index (κ3) is 1.96. The molecule has 3 rings (SSSR count). The Labute approximate surface area is 113 Å². The van der Waals surface area contributed by atoms with E-state index in [0.717, 1.165) is 15.7 Å². The van der Waals surface area contributed by atoms with Gasteiger partial charge in [-0.2, -0.15) is 0 Å². The molecule has 17 heavy (non-hydrogen) atoms. The van der Waals surface area contributed by atoms with Gasteiger partial charge < -0.3 is 10.3 Å². The van der Waals surface area contributed by atoms with E-state index in [0.29, 0.717) is 16.9 Å². The van der Waals surface area contributed by atoms with E-state index in [9.17, 15) is 0 Å². The topological polar surface area (TPSA) is 43.8 Å². The van der Waals surface area contributed by atoms with Crippen molar-refractivity contribution in [3.63, 3.8) is 0 Å². The van der Waals surface area contributed by atoms with Gasteiger partial charge in [-0.25, -0.2) is 4.98 Å². The van der Waals surface area contributed by atoms with Crippen molar-refractivity contribution in [1.82, 2.24) is 9.55 Å². The maximum Gasteiger partial charge on any atom is 0.131 e. The second-order valence-corrected chi connectivity index (χ2v) is 5.56. The van der Waals surface area contributed by atoms with Crippen LogP contribution in [0, 0.1) is 0 Å². The van der Waals surface area contributed by atoms with E-state index in [-0.39, 0.29) is 0 Å². The number of benzene rings is 1. The summed E-state index contributed by atoms with van der Waals surface area (Å²) in [5.74, 6) is 0.705. The molecule has 0 aliphatic heterocycles. The molecule has 0 spiro atoms. The van der Waals surface area contributed by atoms with Crippen molar-refractivity contribution in [2.45, 2.75) is 18.9 Å². The minimum Gasteiger partial charge on any atom is -0.383 e. The molecule has 0 bridgehead atoms. The van der Waals surface area contributed by atoms with Gasteiger partial charge in [0.15, 0.2) is 0 Å². The van der Waals surface area contributed by atoms with Gasteiger partial charge >= 0.3 is 0 Å². The second-order valence-electron chi connectivity index (χ2n) is 4.24. The molecule has 2 aromatic rings. The van der Waals surface area contributed by atoms with Crippen LogP contribution in [0.15, 0.2) is 29.0 Å². The lowest BCUT2D eigenvalue weighted by Gasteiger charge is -2.05. The first-order chi connectivity index (χ1) is 8.16. The summed E-state index contributed by atoms with van der Waals surface area (Å²) >= 11 is 9.59. The number of nitrogens with zero attached hydrogens (tertiary/aromatic N) is 2. The molecular formula is C12H11BrClN3. The van der Waals surface area contributed by atoms with Crippen molar-refractivity contribution in [3.8, 4) is 11.3 Å². The van der Waals surface area contributed by atoms with Gasteiger partial charge in [0.2, 0.25) is 0 Å². The Kier molecular flexibility index (Phi) is 2.64.